The molecular weight excluding hydrogens is 442 g/mol. The molecule has 32 heavy (non-hydrogen) atoms. The monoisotopic (exact) mass is 456 g/mol. The third kappa shape index (κ3) is 4.78. The number of amides is 1. The predicted octanol–water partition coefficient (Wildman–Crippen LogP) is 4.07. The van der Waals surface area contributed by atoms with Gasteiger partial charge in [0.2, 0.25) is 5.89 Å². The van der Waals surface area contributed by atoms with Gasteiger partial charge in [-0.15, -0.1) is 5.10 Å². The first kappa shape index (κ1) is 21.1. The Morgan fingerprint density at radius 1 is 0.812 bits per heavy atom. The van der Waals surface area contributed by atoms with Gasteiger partial charge in [0.25, 0.3) is 15.9 Å². The van der Waals surface area contributed by atoms with Crippen molar-refractivity contribution in [3.8, 4) is 11.5 Å². The maximum absolute atomic E-state index is 13.0. The van der Waals surface area contributed by atoms with E-state index in [2.05, 4.69) is 20.2 Å². The molecule has 11 heteroatoms. The third-order valence-corrected chi connectivity index (χ3v) is 5.66. The molecule has 0 unspecified atom stereocenters. The van der Waals surface area contributed by atoms with Gasteiger partial charge in [-0.2, -0.15) is 0 Å². The number of nitrogens with one attached hydrogen (secondary N) is 2. The molecule has 162 valence electrons. The number of carbonyl (C=O) groups excluding carboxylic acids is 1. The Hall–Kier alpha value is -4.12. The molecular formula is C21H14F2N4O4S. The lowest BCUT2D eigenvalue weighted by atomic mass is 10.2. The number of carbonyl (C=O) groups is 1. The predicted molar refractivity (Wildman–Crippen MR) is 111 cm³/mol. The molecule has 3 aromatic carbocycles. The summed E-state index contributed by atoms with van der Waals surface area (Å²) in [6.07, 6.45) is 0. The van der Waals surface area contributed by atoms with Gasteiger partial charge in [0, 0.05) is 16.8 Å². The fraction of sp³-hybridized carbons (Fsp3) is 0. The van der Waals surface area contributed by atoms with Crippen molar-refractivity contribution < 1.29 is 26.4 Å². The smallest absolute Gasteiger partial charge is 0.322 e. The second kappa shape index (κ2) is 8.55. The zero-order valence-corrected chi connectivity index (χ0v) is 16.9. The van der Waals surface area contributed by atoms with Crippen molar-refractivity contribution in [2.45, 2.75) is 4.90 Å². The molecule has 1 amide bonds. The highest BCUT2D eigenvalue weighted by Crippen LogP contribution is 2.21. The lowest BCUT2D eigenvalue weighted by Gasteiger charge is -2.08. The van der Waals surface area contributed by atoms with Crippen LogP contribution in [0.3, 0.4) is 0 Å². The van der Waals surface area contributed by atoms with E-state index in [1.165, 1.54) is 48.5 Å². The molecule has 1 heterocycles. The summed E-state index contributed by atoms with van der Waals surface area (Å²) in [4.78, 5) is 12.3. The standard InChI is InChI=1S/C21H14F2N4O4S/c22-15-5-1-14(2-6-15)20-25-26-21(31-20)24-19(28)13-3-9-17(10-4-13)27-32(29,30)18-11-7-16(23)8-12-18/h1-12,27H,(H,24,26,28). The van der Waals surface area contributed by atoms with Crippen LogP contribution in [0.5, 0.6) is 0 Å². The normalized spacial score (nSPS) is 11.2. The van der Waals surface area contributed by atoms with Crippen LogP contribution in [0.25, 0.3) is 11.5 Å². The highest BCUT2D eigenvalue weighted by atomic mass is 32.2. The Bertz CT molecular complexity index is 1350. The minimum Gasteiger partial charge on any atom is -0.403 e. The van der Waals surface area contributed by atoms with Crippen molar-refractivity contribution in [2.24, 2.45) is 0 Å². The van der Waals surface area contributed by atoms with E-state index in [0.29, 0.717) is 5.56 Å². The molecule has 0 atom stereocenters. The molecule has 0 aliphatic rings. The Kier molecular flexibility index (Phi) is 5.65. The molecule has 0 radical (unpaired) electrons. The third-order valence-electron chi connectivity index (χ3n) is 4.26. The maximum Gasteiger partial charge on any atom is 0.322 e. The highest BCUT2D eigenvalue weighted by Gasteiger charge is 2.16. The molecule has 0 saturated heterocycles. The molecule has 0 spiro atoms. The number of anilines is 2. The fourth-order valence-corrected chi connectivity index (χ4v) is 3.73. The highest BCUT2D eigenvalue weighted by molar-refractivity contribution is 7.92. The number of rotatable bonds is 6. The van der Waals surface area contributed by atoms with E-state index in [4.69, 9.17) is 4.42 Å². The first-order valence-corrected chi connectivity index (χ1v) is 10.6. The van der Waals surface area contributed by atoms with Gasteiger partial charge in [0.05, 0.1) is 4.90 Å². The molecule has 0 bridgehead atoms. The average molecular weight is 456 g/mol. The Morgan fingerprint density at radius 3 is 2.03 bits per heavy atom. The van der Waals surface area contributed by atoms with Gasteiger partial charge >= 0.3 is 6.01 Å². The topological polar surface area (TPSA) is 114 Å². The summed E-state index contributed by atoms with van der Waals surface area (Å²) in [6.45, 7) is 0. The molecule has 0 aliphatic carbocycles. The first-order chi connectivity index (χ1) is 15.3. The largest absolute Gasteiger partial charge is 0.403 e. The SMILES string of the molecule is O=C(Nc1nnc(-c2ccc(F)cc2)o1)c1ccc(NS(=O)(=O)c2ccc(F)cc2)cc1. The molecule has 4 rings (SSSR count). The Morgan fingerprint density at radius 2 is 1.41 bits per heavy atom. The zero-order valence-electron chi connectivity index (χ0n) is 16.1. The van der Waals surface area contributed by atoms with Crippen molar-refractivity contribution in [3.63, 3.8) is 0 Å². The lowest BCUT2D eigenvalue weighted by Crippen LogP contribution is -2.14. The van der Waals surface area contributed by atoms with Gasteiger partial charge in [0.15, 0.2) is 0 Å². The van der Waals surface area contributed by atoms with Gasteiger partial charge in [-0.05, 0) is 72.8 Å². The average Bonchev–Trinajstić information content (AvgIpc) is 3.23. The first-order valence-electron chi connectivity index (χ1n) is 9.09. The van der Waals surface area contributed by atoms with E-state index >= 15 is 0 Å². The minimum absolute atomic E-state index is 0.103. The summed E-state index contributed by atoms with van der Waals surface area (Å²) in [5.41, 5.74) is 0.899. The molecule has 2 N–H and O–H groups in total. The number of hydrogen-bond acceptors (Lipinski definition) is 6. The van der Waals surface area contributed by atoms with Crippen molar-refractivity contribution in [2.75, 3.05) is 10.0 Å². The van der Waals surface area contributed by atoms with Gasteiger partial charge in [-0.25, -0.2) is 17.2 Å². The molecule has 1 aromatic heterocycles. The summed E-state index contributed by atoms with van der Waals surface area (Å²) in [5.74, 6) is -1.42. The number of hydrogen-bond donors (Lipinski definition) is 2. The lowest BCUT2D eigenvalue weighted by molar-refractivity contribution is 0.102. The van der Waals surface area contributed by atoms with E-state index < -0.39 is 27.6 Å². The van der Waals surface area contributed by atoms with Gasteiger partial charge in [0.1, 0.15) is 11.6 Å². The zero-order chi connectivity index (χ0) is 22.7. The van der Waals surface area contributed by atoms with Gasteiger partial charge in [-0.1, -0.05) is 5.10 Å². The van der Waals surface area contributed by atoms with Crippen LogP contribution in [-0.4, -0.2) is 24.5 Å². The fourth-order valence-electron chi connectivity index (χ4n) is 2.67. The summed E-state index contributed by atoms with van der Waals surface area (Å²) in [5, 5.41) is 9.95. The number of sulfonamides is 1. The number of benzene rings is 3. The van der Waals surface area contributed by atoms with E-state index in [1.807, 2.05) is 0 Å². The summed E-state index contributed by atoms with van der Waals surface area (Å²) < 4.78 is 58.4. The van der Waals surface area contributed by atoms with Crippen molar-refractivity contribution >= 4 is 27.6 Å². The summed E-state index contributed by atoms with van der Waals surface area (Å²) in [6, 6.07) is 15.2. The summed E-state index contributed by atoms with van der Waals surface area (Å²) in [7, 11) is -3.91. The number of nitrogens with zero attached hydrogens (tertiary/aromatic N) is 2. The van der Waals surface area contributed by atoms with Gasteiger partial charge in [-0.3, -0.25) is 14.8 Å². The van der Waals surface area contributed by atoms with Crippen LogP contribution in [0.15, 0.2) is 82.1 Å². The van der Waals surface area contributed by atoms with Crippen LogP contribution in [0.1, 0.15) is 10.4 Å². The maximum atomic E-state index is 13.0. The minimum atomic E-state index is -3.91. The van der Waals surface area contributed by atoms with Crippen LogP contribution in [-0.2, 0) is 10.0 Å². The van der Waals surface area contributed by atoms with Gasteiger partial charge < -0.3 is 4.42 Å². The van der Waals surface area contributed by atoms with E-state index in [9.17, 15) is 22.0 Å². The molecule has 4 aromatic rings. The number of halogens is 2. The van der Waals surface area contributed by atoms with E-state index in [0.717, 1.165) is 24.3 Å². The van der Waals surface area contributed by atoms with Crippen LogP contribution < -0.4 is 10.0 Å². The Balaban J connectivity index is 1.42. The Labute approximate surface area is 181 Å². The number of aromatic nitrogens is 2. The van der Waals surface area contributed by atoms with Crippen LogP contribution in [0.4, 0.5) is 20.5 Å². The quantitative estimate of drug-likeness (QED) is 0.452. The van der Waals surface area contributed by atoms with Crippen LogP contribution in [0.2, 0.25) is 0 Å². The van der Waals surface area contributed by atoms with Crippen molar-refractivity contribution in [3.05, 3.63) is 90.0 Å². The van der Waals surface area contributed by atoms with Crippen LogP contribution in [0, 0.1) is 11.6 Å². The summed E-state index contributed by atoms with van der Waals surface area (Å²) >= 11 is 0. The van der Waals surface area contributed by atoms with E-state index in [1.54, 1.807) is 0 Å². The second-order valence-corrected chi connectivity index (χ2v) is 8.19. The second-order valence-electron chi connectivity index (χ2n) is 6.51. The van der Waals surface area contributed by atoms with Crippen molar-refractivity contribution in [1.29, 1.82) is 0 Å². The van der Waals surface area contributed by atoms with Crippen LogP contribution >= 0.6 is 0 Å². The molecule has 0 saturated carbocycles. The molecule has 0 fully saturated rings. The molecule has 8 nitrogen and oxygen atoms in total. The van der Waals surface area contributed by atoms with E-state index in [-0.39, 0.29) is 28.1 Å². The molecule has 0 aliphatic heterocycles. The van der Waals surface area contributed by atoms with Crippen molar-refractivity contribution in [1.82, 2.24) is 10.2 Å².